The largest absolute Gasteiger partial charge is 0.481 e. The third kappa shape index (κ3) is 4.27. The number of hydrogen-bond donors (Lipinski definition) is 1. The van der Waals surface area contributed by atoms with E-state index in [-0.39, 0.29) is 0 Å². The van der Waals surface area contributed by atoms with E-state index in [1.807, 2.05) is 10.6 Å². The Kier molecular flexibility index (Phi) is 5.95. The van der Waals surface area contributed by atoms with E-state index in [0.29, 0.717) is 44.1 Å². The van der Waals surface area contributed by atoms with E-state index >= 15 is 0 Å². The Morgan fingerprint density at radius 2 is 2.00 bits per heavy atom. The van der Waals surface area contributed by atoms with E-state index < -0.39 is 11.7 Å². The van der Waals surface area contributed by atoms with E-state index in [4.69, 9.17) is 27.9 Å². The lowest BCUT2D eigenvalue weighted by molar-refractivity contribution is -0.112. The Morgan fingerprint density at radius 3 is 2.71 bits per heavy atom. The van der Waals surface area contributed by atoms with Crippen LogP contribution in [0.4, 0.5) is 5.69 Å². The maximum absolute atomic E-state index is 13.2. The highest BCUT2D eigenvalue weighted by molar-refractivity contribution is 7.15. The number of rotatable bonds is 6. The summed E-state index contributed by atoms with van der Waals surface area (Å²) in [6.45, 7) is 2.21. The quantitative estimate of drug-likeness (QED) is 0.314. The second kappa shape index (κ2) is 8.66. The zero-order valence-corrected chi connectivity index (χ0v) is 18.8. The Morgan fingerprint density at radius 1 is 1.19 bits per heavy atom. The Balaban J connectivity index is 1.73. The van der Waals surface area contributed by atoms with Gasteiger partial charge in [0.1, 0.15) is 9.34 Å². The van der Waals surface area contributed by atoms with Crippen molar-refractivity contribution in [2.75, 3.05) is 12.4 Å². The predicted octanol–water partition coefficient (Wildman–Crippen LogP) is 4.99. The van der Waals surface area contributed by atoms with Crippen LogP contribution in [0.5, 0.6) is 5.88 Å². The molecule has 1 aromatic carbocycles. The standard InChI is InChI=1S/C21H16Cl2N4O3S/c1-11-19(20(28)21(29)26-13-5-6-24-17(8-13)30-2)14-7-12(22)3-4-15(14)27(11)10-18-25-9-16(23)31-18/h3-9H,10H2,1-2H3,(H,24,26,29). The maximum Gasteiger partial charge on any atom is 0.296 e. The van der Waals surface area contributed by atoms with E-state index in [1.54, 1.807) is 31.3 Å². The summed E-state index contributed by atoms with van der Waals surface area (Å²) in [6.07, 6.45) is 3.07. The zero-order chi connectivity index (χ0) is 22.1. The molecule has 0 saturated carbocycles. The molecule has 0 aliphatic carbocycles. The molecule has 0 saturated heterocycles. The fourth-order valence-corrected chi connectivity index (χ4v) is 4.46. The Bertz CT molecular complexity index is 1320. The van der Waals surface area contributed by atoms with Crippen LogP contribution in [-0.4, -0.2) is 33.3 Å². The van der Waals surface area contributed by atoms with Gasteiger partial charge in [-0.05, 0) is 31.2 Å². The summed E-state index contributed by atoms with van der Waals surface area (Å²) in [7, 11) is 1.47. The van der Waals surface area contributed by atoms with Crippen molar-refractivity contribution in [3.05, 3.63) is 68.3 Å². The summed E-state index contributed by atoms with van der Waals surface area (Å²) in [5.41, 5.74) is 2.10. The molecule has 0 bridgehead atoms. The molecule has 31 heavy (non-hydrogen) atoms. The fraction of sp³-hybridized carbons (Fsp3) is 0.143. The van der Waals surface area contributed by atoms with Crippen molar-refractivity contribution >= 4 is 62.8 Å². The third-order valence-electron chi connectivity index (χ3n) is 4.74. The fourth-order valence-electron chi connectivity index (χ4n) is 3.34. The highest BCUT2D eigenvalue weighted by Gasteiger charge is 2.26. The minimum atomic E-state index is -0.771. The van der Waals surface area contributed by atoms with Crippen molar-refractivity contribution in [2.24, 2.45) is 0 Å². The molecule has 0 spiro atoms. The van der Waals surface area contributed by atoms with Gasteiger partial charge in [0.25, 0.3) is 11.7 Å². The number of nitrogens with one attached hydrogen (secondary N) is 1. The van der Waals surface area contributed by atoms with Crippen LogP contribution in [0, 0.1) is 6.92 Å². The Labute approximate surface area is 191 Å². The lowest BCUT2D eigenvalue weighted by Crippen LogP contribution is -2.23. The first-order valence-electron chi connectivity index (χ1n) is 9.11. The molecule has 0 atom stereocenters. The zero-order valence-electron chi connectivity index (χ0n) is 16.5. The van der Waals surface area contributed by atoms with Gasteiger partial charge in [-0.15, -0.1) is 11.3 Å². The molecule has 7 nitrogen and oxygen atoms in total. The summed E-state index contributed by atoms with van der Waals surface area (Å²) in [5, 5.41) is 4.45. The van der Waals surface area contributed by atoms with Gasteiger partial charge in [-0.2, -0.15) is 0 Å². The second-order valence-electron chi connectivity index (χ2n) is 6.64. The molecule has 0 aliphatic heterocycles. The first kappa shape index (κ1) is 21.3. The molecule has 0 unspecified atom stereocenters. The topological polar surface area (TPSA) is 86.1 Å². The third-order valence-corrected chi connectivity index (χ3v) is 6.07. The molecule has 1 amide bonds. The monoisotopic (exact) mass is 474 g/mol. The summed E-state index contributed by atoms with van der Waals surface area (Å²) < 4.78 is 7.56. The first-order chi connectivity index (χ1) is 14.9. The van der Waals surface area contributed by atoms with Crippen molar-refractivity contribution in [1.29, 1.82) is 0 Å². The average Bonchev–Trinajstić information content (AvgIpc) is 3.28. The van der Waals surface area contributed by atoms with Gasteiger partial charge in [0, 0.05) is 39.6 Å². The normalized spacial score (nSPS) is 11.0. The minimum absolute atomic E-state index is 0.290. The number of Topliss-reactive ketones (excluding diaryl/α,β-unsaturated/α-hetero) is 1. The van der Waals surface area contributed by atoms with Crippen molar-refractivity contribution < 1.29 is 14.3 Å². The van der Waals surface area contributed by atoms with Crippen molar-refractivity contribution in [3.8, 4) is 5.88 Å². The van der Waals surface area contributed by atoms with Gasteiger partial charge in [0.15, 0.2) is 0 Å². The highest BCUT2D eigenvalue weighted by atomic mass is 35.5. The molecule has 1 N–H and O–H groups in total. The summed E-state index contributed by atoms with van der Waals surface area (Å²) in [6, 6.07) is 8.36. The number of pyridine rings is 1. The first-order valence-corrected chi connectivity index (χ1v) is 10.7. The predicted molar refractivity (Wildman–Crippen MR) is 122 cm³/mol. The molecule has 10 heteroatoms. The van der Waals surface area contributed by atoms with Gasteiger partial charge in [-0.3, -0.25) is 9.59 Å². The second-order valence-corrected chi connectivity index (χ2v) is 8.82. The number of anilines is 1. The summed E-state index contributed by atoms with van der Waals surface area (Å²) in [5.74, 6) is -1.11. The maximum atomic E-state index is 13.2. The highest BCUT2D eigenvalue weighted by Crippen LogP contribution is 2.31. The van der Waals surface area contributed by atoms with Gasteiger partial charge < -0.3 is 14.6 Å². The lowest BCUT2D eigenvalue weighted by Gasteiger charge is -2.07. The number of thiazole rings is 1. The summed E-state index contributed by atoms with van der Waals surface area (Å²) >= 11 is 13.6. The van der Waals surface area contributed by atoms with Crippen molar-refractivity contribution in [3.63, 3.8) is 0 Å². The minimum Gasteiger partial charge on any atom is -0.481 e. The number of methoxy groups -OCH3 is 1. The molecule has 4 aromatic rings. The number of hydrogen-bond acceptors (Lipinski definition) is 6. The number of nitrogens with zero attached hydrogens (tertiary/aromatic N) is 3. The number of carbonyl (C=O) groups is 2. The lowest BCUT2D eigenvalue weighted by atomic mass is 10.1. The smallest absolute Gasteiger partial charge is 0.296 e. The van der Waals surface area contributed by atoms with Gasteiger partial charge in [0.2, 0.25) is 5.88 Å². The van der Waals surface area contributed by atoms with Crippen LogP contribution < -0.4 is 10.1 Å². The van der Waals surface area contributed by atoms with Crippen molar-refractivity contribution in [2.45, 2.75) is 13.5 Å². The number of ether oxygens (including phenoxy) is 1. The van der Waals surface area contributed by atoms with Crippen molar-refractivity contribution in [1.82, 2.24) is 14.5 Å². The number of amides is 1. The van der Waals surface area contributed by atoms with E-state index in [1.165, 1.54) is 30.7 Å². The number of carbonyl (C=O) groups excluding carboxylic acids is 2. The number of ketones is 1. The van der Waals surface area contributed by atoms with E-state index in [9.17, 15) is 9.59 Å². The van der Waals surface area contributed by atoms with Gasteiger partial charge >= 0.3 is 0 Å². The molecule has 0 radical (unpaired) electrons. The number of aromatic nitrogens is 3. The molecule has 158 valence electrons. The van der Waals surface area contributed by atoms with Crippen LogP contribution in [0.25, 0.3) is 10.9 Å². The molecule has 4 rings (SSSR count). The molecule has 0 fully saturated rings. The average molecular weight is 475 g/mol. The van der Waals surface area contributed by atoms with Crippen LogP contribution in [0.1, 0.15) is 21.1 Å². The van der Waals surface area contributed by atoms with Crippen LogP contribution in [0.2, 0.25) is 9.36 Å². The van der Waals surface area contributed by atoms with Gasteiger partial charge in [0.05, 0.1) is 25.4 Å². The van der Waals surface area contributed by atoms with Gasteiger partial charge in [-0.1, -0.05) is 23.2 Å². The molecular weight excluding hydrogens is 459 g/mol. The van der Waals surface area contributed by atoms with Gasteiger partial charge in [-0.25, -0.2) is 9.97 Å². The molecule has 3 heterocycles. The van der Waals surface area contributed by atoms with Crippen LogP contribution in [0.15, 0.2) is 42.7 Å². The summed E-state index contributed by atoms with van der Waals surface area (Å²) in [4.78, 5) is 34.2. The number of benzene rings is 1. The number of fused-ring (bicyclic) bond motifs is 1. The van der Waals surface area contributed by atoms with E-state index in [0.717, 1.165) is 10.5 Å². The Hall–Kier alpha value is -2.94. The van der Waals surface area contributed by atoms with E-state index in [2.05, 4.69) is 15.3 Å². The SMILES string of the molecule is COc1cc(NC(=O)C(=O)c2c(C)n(Cc3ncc(Cl)s3)c3ccc(Cl)cc23)ccn1. The van der Waals surface area contributed by atoms with Crippen LogP contribution in [0.3, 0.4) is 0 Å². The van der Waals surface area contributed by atoms with Crippen LogP contribution in [-0.2, 0) is 11.3 Å². The van der Waals surface area contributed by atoms with Crippen LogP contribution >= 0.6 is 34.5 Å². The molecule has 3 aromatic heterocycles. The molecular formula is C21H16Cl2N4O3S. The molecule has 0 aliphatic rings. The number of halogens is 2.